The molecule has 0 aliphatic carbocycles. The maximum atomic E-state index is 14.8. The molecule has 0 saturated carbocycles. The molecule has 0 amide bonds. The van der Waals surface area contributed by atoms with Crippen LogP contribution in [0.3, 0.4) is 0 Å². The summed E-state index contributed by atoms with van der Waals surface area (Å²) < 4.78 is 21.4. The molecule has 0 unspecified atom stereocenters. The van der Waals surface area contributed by atoms with E-state index < -0.39 is 0 Å². The Morgan fingerprint density at radius 1 is 1.04 bits per heavy atom. The molecule has 4 rings (SSSR count). The van der Waals surface area contributed by atoms with Gasteiger partial charge in [0.2, 0.25) is 5.88 Å². The molecule has 0 atom stereocenters. The van der Waals surface area contributed by atoms with E-state index in [-0.39, 0.29) is 17.9 Å². The van der Waals surface area contributed by atoms with Crippen LogP contribution in [-0.2, 0) is 6.54 Å². The normalized spacial score (nSPS) is 10.9. The molecule has 0 aliphatic rings. The van der Waals surface area contributed by atoms with E-state index in [2.05, 4.69) is 9.97 Å². The Kier molecular flexibility index (Phi) is 4.38. The Labute approximate surface area is 154 Å². The molecule has 0 N–H and O–H groups in total. The Morgan fingerprint density at radius 2 is 1.85 bits per heavy atom. The van der Waals surface area contributed by atoms with Crippen molar-refractivity contribution in [3.63, 3.8) is 0 Å². The summed E-state index contributed by atoms with van der Waals surface area (Å²) in [6, 6.07) is 15.8. The molecule has 2 aromatic carbocycles. The molecular weight excluding hydrogens is 345 g/mol. The van der Waals surface area contributed by atoms with E-state index in [4.69, 9.17) is 4.74 Å². The Morgan fingerprint density at radius 3 is 2.67 bits per heavy atom. The van der Waals surface area contributed by atoms with Crippen LogP contribution in [0.15, 0.2) is 71.8 Å². The molecule has 0 bridgehead atoms. The van der Waals surface area contributed by atoms with Crippen LogP contribution in [0.2, 0.25) is 0 Å². The van der Waals surface area contributed by atoms with Gasteiger partial charge in [0.15, 0.2) is 0 Å². The van der Waals surface area contributed by atoms with Gasteiger partial charge in [0.25, 0.3) is 5.56 Å². The lowest BCUT2D eigenvalue weighted by Gasteiger charge is -2.11. The van der Waals surface area contributed by atoms with Crippen molar-refractivity contribution in [3.8, 4) is 17.0 Å². The monoisotopic (exact) mass is 361 g/mol. The number of aromatic nitrogens is 3. The van der Waals surface area contributed by atoms with Gasteiger partial charge in [-0.2, -0.15) is 0 Å². The van der Waals surface area contributed by atoms with E-state index in [0.717, 1.165) is 5.56 Å². The van der Waals surface area contributed by atoms with Gasteiger partial charge in [-0.25, -0.2) is 14.4 Å². The van der Waals surface area contributed by atoms with Gasteiger partial charge in [0, 0.05) is 17.8 Å². The number of nitrogens with zero attached hydrogens (tertiary/aromatic N) is 3. The third kappa shape index (κ3) is 3.29. The van der Waals surface area contributed by atoms with Crippen molar-refractivity contribution in [3.05, 3.63) is 88.7 Å². The van der Waals surface area contributed by atoms with Crippen molar-refractivity contribution in [1.82, 2.24) is 14.5 Å². The predicted octanol–water partition coefficient (Wildman–Crippen LogP) is 3.65. The van der Waals surface area contributed by atoms with Crippen LogP contribution in [0.5, 0.6) is 5.88 Å². The maximum absolute atomic E-state index is 14.8. The Balaban J connectivity index is 1.72. The van der Waals surface area contributed by atoms with Crippen molar-refractivity contribution in [2.24, 2.45) is 0 Å². The van der Waals surface area contributed by atoms with Crippen LogP contribution in [0.25, 0.3) is 22.2 Å². The standard InChI is InChI=1S/C21H16FN3O2/c1-27-20-11-15(8-9-23-20)14-6-7-16(17(22)10-14)13-25-19-5-3-2-4-18(19)24-12-21(25)26/h2-12H,13H2,1H3. The van der Waals surface area contributed by atoms with Crippen molar-refractivity contribution in [2.75, 3.05) is 7.11 Å². The van der Waals surface area contributed by atoms with Gasteiger partial charge in [0.05, 0.1) is 30.9 Å². The van der Waals surface area contributed by atoms with Gasteiger partial charge in [-0.3, -0.25) is 4.79 Å². The van der Waals surface area contributed by atoms with Crippen molar-refractivity contribution >= 4 is 11.0 Å². The largest absolute Gasteiger partial charge is 0.481 e. The van der Waals surface area contributed by atoms with Crippen LogP contribution in [0.4, 0.5) is 4.39 Å². The molecule has 2 heterocycles. The molecule has 5 nitrogen and oxygen atoms in total. The van der Waals surface area contributed by atoms with Crippen LogP contribution in [-0.4, -0.2) is 21.6 Å². The van der Waals surface area contributed by atoms with Crippen molar-refractivity contribution in [2.45, 2.75) is 6.54 Å². The Bertz CT molecular complexity index is 1190. The second kappa shape index (κ2) is 6.99. The van der Waals surface area contributed by atoms with Crippen molar-refractivity contribution in [1.29, 1.82) is 0 Å². The summed E-state index contributed by atoms with van der Waals surface area (Å²) in [5.74, 6) is 0.0860. The quantitative estimate of drug-likeness (QED) is 0.557. The minimum atomic E-state index is -0.379. The van der Waals surface area contributed by atoms with E-state index in [1.165, 1.54) is 23.9 Å². The molecule has 134 valence electrons. The molecular formula is C21H16FN3O2. The van der Waals surface area contributed by atoms with Crippen LogP contribution < -0.4 is 10.3 Å². The minimum Gasteiger partial charge on any atom is -0.481 e. The minimum absolute atomic E-state index is 0.133. The Hall–Kier alpha value is -3.54. The number of benzene rings is 2. The third-order valence-electron chi connectivity index (χ3n) is 4.41. The summed E-state index contributed by atoms with van der Waals surface area (Å²) in [5.41, 5.74) is 3.04. The zero-order valence-electron chi connectivity index (χ0n) is 14.6. The summed E-state index contributed by atoms with van der Waals surface area (Å²) in [6.07, 6.45) is 2.88. The fraction of sp³-hybridized carbons (Fsp3) is 0.0952. The summed E-state index contributed by atoms with van der Waals surface area (Å²) in [5, 5.41) is 0. The third-order valence-corrected chi connectivity index (χ3v) is 4.41. The van der Waals surface area contributed by atoms with E-state index >= 15 is 0 Å². The van der Waals surface area contributed by atoms with Crippen LogP contribution >= 0.6 is 0 Å². The number of methoxy groups -OCH3 is 1. The molecule has 0 aliphatic heterocycles. The lowest BCUT2D eigenvalue weighted by atomic mass is 10.0. The zero-order valence-corrected chi connectivity index (χ0v) is 14.6. The average molecular weight is 361 g/mol. The second-order valence-corrected chi connectivity index (χ2v) is 6.06. The molecule has 2 aromatic heterocycles. The van der Waals surface area contributed by atoms with E-state index in [1.807, 2.05) is 24.3 Å². The zero-order chi connectivity index (χ0) is 18.8. The molecule has 0 spiro atoms. The van der Waals surface area contributed by atoms with E-state index in [0.29, 0.717) is 28.0 Å². The summed E-state index contributed by atoms with van der Waals surface area (Å²) in [6.45, 7) is 0.133. The highest BCUT2D eigenvalue weighted by Gasteiger charge is 2.10. The number of rotatable bonds is 4. The number of para-hydroxylation sites is 2. The lowest BCUT2D eigenvalue weighted by Crippen LogP contribution is -2.21. The fourth-order valence-electron chi connectivity index (χ4n) is 3.00. The summed E-state index contributed by atoms with van der Waals surface area (Å²) >= 11 is 0. The average Bonchev–Trinajstić information content (AvgIpc) is 2.71. The first-order chi connectivity index (χ1) is 13.2. The SMILES string of the molecule is COc1cc(-c2ccc(Cn3c(=O)cnc4ccccc43)c(F)c2)ccn1. The lowest BCUT2D eigenvalue weighted by molar-refractivity contribution is 0.398. The fourth-order valence-corrected chi connectivity index (χ4v) is 3.00. The molecule has 0 fully saturated rings. The molecule has 4 aromatic rings. The van der Waals surface area contributed by atoms with Gasteiger partial charge >= 0.3 is 0 Å². The first-order valence-electron chi connectivity index (χ1n) is 8.39. The highest BCUT2D eigenvalue weighted by molar-refractivity contribution is 5.74. The first kappa shape index (κ1) is 16.9. The topological polar surface area (TPSA) is 57.0 Å². The number of halogens is 1. The number of ether oxygens (including phenoxy) is 1. The first-order valence-corrected chi connectivity index (χ1v) is 8.39. The smallest absolute Gasteiger partial charge is 0.269 e. The van der Waals surface area contributed by atoms with Crippen LogP contribution in [0.1, 0.15) is 5.56 Å². The number of pyridine rings is 1. The second-order valence-electron chi connectivity index (χ2n) is 6.06. The van der Waals surface area contributed by atoms with Crippen molar-refractivity contribution < 1.29 is 9.13 Å². The molecule has 0 saturated heterocycles. The maximum Gasteiger partial charge on any atom is 0.269 e. The van der Waals surface area contributed by atoms with Gasteiger partial charge < -0.3 is 9.30 Å². The molecule has 27 heavy (non-hydrogen) atoms. The van der Waals surface area contributed by atoms with Gasteiger partial charge in [-0.15, -0.1) is 0 Å². The highest BCUT2D eigenvalue weighted by Crippen LogP contribution is 2.24. The highest BCUT2D eigenvalue weighted by atomic mass is 19.1. The number of fused-ring (bicyclic) bond motifs is 1. The van der Waals surface area contributed by atoms with Gasteiger partial charge in [0.1, 0.15) is 5.82 Å². The predicted molar refractivity (Wildman–Crippen MR) is 101 cm³/mol. The number of hydrogen-bond donors (Lipinski definition) is 0. The van der Waals surface area contributed by atoms with Gasteiger partial charge in [-0.1, -0.05) is 24.3 Å². The van der Waals surface area contributed by atoms with E-state index in [9.17, 15) is 9.18 Å². The van der Waals surface area contributed by atoms with E-state index in [1.54, 1.807) is 30.5 Å². The summed E-state index contributed by atoms with van der Waals surface area (Å²) in [7, 11) is 1.53. The van der Waals surface area contributed by atoms with Gasteiger partial charge in [-0.05, 0) is 35.4 Å². The molecule has 6 heteroatoms. The summed E-state index contributed by atoms with van der Waals surface area (Å²) in [4.78, 5) is 20.5. The molecule has 0 radical (unpaired) electrons. The van der Waals surface area contributed by atoms with Crippen LogP contribution in [0, 0.1) is 5.82 Å². The number of hydrogen-bond acceptors (Lipinski definition) is 4.